The summed E-state index contributed by atoms with van der Waals surface area (Å²) >= 11 is 0. The molecule has 0 radical (unpaired) electrons. The number of amides is 1. The Labute approximate surface area is 186 Å². The highest BCUT2D eigenvalue weighted by Gasteiger charge is 2.11. The summed E-state index contributed by atoms with van der Waals surface area (Å²) in [6.07, 6.45) is 3.25. The lowest BCUT2D eigenvalue weighted by Gasteiger charge is -2.13. The molecule has 1 heterocycles. The van der Waals surface area contributed by atoms with Gasteiger partial charge in [0.05, 0.1) is 0 Å². The van der Waals surface area contributed by atoms with Crippen LogP contribution in [0, 0.1) is 0 Å². The average molecular weight is 520 g/mol. The molecule has 0 fully saturated rings. The number of carbonyl (C=O) groups is 1. The Kier molecular flexibility index (Phi) is 10.6. The third-order valence-electron chi connectivity index (χ3n) is 3.97. The summed E-state index contributed by atoms with van der Waals surface area (Å²) in [6.45, 7) is 0.546. The SMILES string of the molecule is CCNC(=NCc1nccn1C(F)F)NCCc1cccc(C(=O)N(C)C)c1.I. The van der Waals surface area contributed by atoms with Crippen LogP contribution in [0.25, 0.3) is 0 Å². The Morgan fingerprint density at radius 3 is 2.72 bits per heavy atom. The zero-order chi connectivity index (χ0) is 20.5. The number of guanidine groups is 1. The second-order valence-corrected chi connectivity index (χ2v) is 6.30. The van der Waals surface area contributed by atoms with Crippen LogP contribution < -0.4 is 10.6 Å². The van der Waals surface area contributed by atoms with E-state index in [1.165, 1.54) is 17.3 Å². The van der Waals surface area contributed by atoms with E-state index in [2.05, 4.69) is 20.6 Å². The smallest absolute Gasteiger partial charge is 0.319 e. The van der Waals surface area contributed by atoms with Gasteiger partial charge in [-0.25, -0.2) is 9.98 Å². The van der Waals surface area contributed by atoms with Crippen LogP contribution in [0.1, 0.15) is 35.2 Å². The number of aliphatic imine (C=N–C) groups is 1. The molecule has 7 nitrogen and oxygen atoms in total. The average Bonchev–Trinajstić information content (AvgIpc) is 3.14. The van der Waals surface area contributed by atoms with E-state index in [9.17, 15) is 13.6 Å². The maximum absolute atomic E-state index is 12.9. The normalized spacial score (nSPS) is 11.2. The van der Waals surface area contributed by atoms with E-state index in [1.807, 2.05) is 25.1 Å². The number of carbonyl (C=O) groups excluding carboxylic acids is 1. The lowest BCUT2D eigenvalue weighted by molar-refractivity contribution is 0.0670. The predicted molar refractivity (Wildman–Crippen MR) is 120 cm³/mol. The van der Waals surface area contributed by atoms with Gasteiger partial charge in [0.15, 0.2) is 5.96 Å². The summed E-state index contributed by atoms with van der Waals surface area (Å²) < 4.78 is 26.6. The minimum Gasteiger partial charge on any atom is -0.357 e. The molecule has 160 valence electrons. The molecule has 1 amide bonds. The predicted octanol–water partition coefficient (Wildman–Crippen LogP) is 2.90. The fraction of sp³-hybridized carbons (Fsp3) is 0.421. The Morgan fingerprint density at radius 1 is 1.31 bits per heavy atom. The summed E-state index contributed by atoms with van der Waals surface area (Å²) in [5.41, 5.74) is 1.66. The molecule has 0 aliphatic rings. The van der Waals surface area contributed by atoms with Crippen LogP contribution >= 0.6 is 24.0 Å². The minimum atomic E-state index is -2.64. The summed E-state index contributed by atoms with van der Waals surface area (Å²) in [5.74, 6) is 0.674. The van der Waals surface area contributed by atoms with Crippen molar-refractivity contribution in [3.8, 4) is 0 Å². The van der Waals surface area contributed by atoms with Crippen molar-refractivity contribution >= 4 is 35.8 Å². The Hall–Kier alpha value is -2.24. The second-order valence-electron chi connectivity index (χ2n) is 6.30. The van der Waals surface area contributed by atoms with Crippen molar-refractivity contribution in [2.24, 2.45) is 4.99 Å². The fourth-order valence-electron chi connectivity index (χ4n) is 2.58. The van der Waals surface area contributed by atoms with Crippen LogP contribution in [0.4, 0.5) is 8.78 Å². The molecule has 1 aromatic heterocycles. The molecule has 10 heteroatoms. The number of hydrogen-bond acceptors (Lipinski definition) is 3. The molecule has 0 spiro atoms. The molecular weight excluding hydrogens is 493 g/mol. The fourth-order valence-corrected chi connectivity index (χ4v) is 2.58. The molecule has 2 aromatic rings. The molecule has 29 heavy (non-hydrogen) atoms. The number of rotatable bonds is 8. The minimum absolute atomic E-state index is 0. The first-order valence-electron chi connectivity index (χ1n) is 9.05. The first-order valence-corrected chi connectivity index (χ1v) is 9.05. The zero-order valence-corrected chi connectivity index (χ0v) is 19.1. The lowest BCUT2D eigenvalue weighted by Crippen LogP contribution is -2.38. The number of nitrogens with zero attached hydrogens (tertiary/aromatic N) is 4. The first kappa shape index (κ1) is 24.8. The van der Waals surface area contributed by atoms with Crippen molar-refractivity contribution in [1.29, 1.82) is 0 Å². The number of imidazole rings is 1. The van der Waals surface area contributed by atoms with Gasteiger partial charge in [-0.2, -0.15) is 8.78 Å². The maximum atomic E-state index is 12.9. The first-order chi connectivity index (χ1) is 13.4. The topological polar surface area (TPSA) is 74.5 Å². The Morgan fingerprint density at radius 2 is 2.07 bits per heavy atom. The highest BCUT2D eigenvalue weighted by molar-refractivity contribution is 14.0. The number of hydrogen-bond donors (Lipinski definition) is 2. The molecule has 2 N–H and O–H groups in total. The van der Waals surface area contributed by atoms with E-state index in [-0.39, 0.29) is 42.3 Å². The summed E-state index contributed by atoms with van der Waals surface area (Å²) in [6, 6.07) is 7.47. The van der Waals surface area contributed by atoms with Crippen LogP contribution in [0.5, 0.6) is 0 Å². The van der Waals surface area contributed by atoms with Gasteiger partial charge in [0.1, 0.15) is 12.4 Å². The molecule has 0 atom stereocenters. The standard InChI is InChI=1S/C19H26F2N6O.HI/c1-4-22-19(25-13-16-23-10-11-27(16)18(20)21)24-9-8-14-6-5-7-15(12-14)17(28)26(2)3;/h5-7,10-12,18H,4,8-9,13H2,1-3H3,(H2,22,24,25);1H. The zero-order valence-electron chi connectivity index (χ0n) is 16.7. The molecule has 0 saturated heterocycles. The molecule has 0 saturated carbocycles. The van der Waals surface area contributed by atoms with Crippen molar-refractivity contribution in [2.45, 2.75) is 26.4 Å². The van der Waals surface area contributed by atoms with Gasteiger partial charge in [-0.1, -0.05) is 12.1 Å². The van der Waals surface area contributed by atoms with Gasteiger partial charge < -0.3 is 15.5 Å². The van der Waals surface area contributed by atoms with Gasteiger partial charge in [0.2, 0.25) is 0 Å². The number of halogens is 3. The lowest BCUT2D eigenvalue weighted by atomic mass is 10.1. The van der Waals surface area contributed by atoms with Crippen molar-refractivity contribution in [2.75, 3.05) is 27.2 Å². The van der Waals surface area contributed by atoms with E-state index < -0.39 is 6.55 Å². The van der Waals surface area contributed by atoms with Gasteiger partial charge in [-0.15, -0.1) is 24.0 Å². The van der Waals surface area contributed by atoms with Crippen molar-refractivity contribution in [3.05, 3.63) is 53.6 Å². The molecule has 0 aliphatic carbocycles. The maximum Gasteiger partial charge on any atom is 0.319 e. The van der Waals surface area contributed by atoms with Gasteiger partial charge in [0, 0.05) is 45.1 Å². The van der Waals surface area contributed by atoms with Gasteiger partial charge in [0.25, 0.3) is 5.91 Å². The molecule has 0 unspecified atom stereocenters. The molecule has 1 aromatic carbocycles. The monoisotopic (exact) mass is 520 g/mol. The molecule has 0 bridgehead atoms. The third kappa shape index (κ3) is 7.59. The highest BCUT2D eigenvalue weighted by atomic mass is 127. The number of alkyl halides is 2. The largest absolute Gasteiger partial charge is 0.357 e. The summed E-state index contributed by atoms with van der Waals surface area (Å²) in [4.78, 5) is 21.8. The molecule has 0 aliphatic heterocycles. The number of nitrogens with one attached hydrogen (secondary N) is 2. The van der Waals surface area contributed by atoms with Crippen LogP contribution in [0.15, 0.2) is 41.7 Å². The van der Waals surface area contributed by atoms with Crippen molar-refractivity contribution in [3.63, 3.8) is 0 Å². The Bertz CT molecular complexity index is 810. The number of benzene rings is 1. The van der Waals surface area contributed by atoms with Crippen LogP contribution in [0.3, 0.4) is 0 Å². The van der Waals surface area contributed by atoms with Crippen LogP contribution in [0.2, 0.25) is 0 Å². The van der Waals surface area contributed by atoms with Gasteiger partial charge in [-0.3, -0.25) is 9.36 Å². The van der Waals surface area contributed by atoms with E-state index >= 15 is 0 Å². The highest BCUT2D eigenvalue weighted by Crippen LogP contribution is 2.13. The Balaban J connectivity index is 0.00000420. The third-order valence-corrected chi connectivity index (χ3v) is 3.97. The second kappa shape index (κ2) is 12.3. The summed E-state index contributed by atoms with van der Waals surface area (Å²) in [7, 11) is 3.43. The van der Waals surface area contributed by atoms with Crippen molar-refractivity contribution in [1.82, 2.24) is 25.1 Å². The van der Waals surface area contributed by atoms with Gasteiger partial charge >= 0.3 is 6.55 Å². The van der Waals surface area contributed by atoms with Crippen LogP contribution in [-0.2, 0) is 13.0 Å². The molecule has 2 rings (SSSR count). The van der Waals surface area contributed by atoms with E-state index in [0.717, 1.165) is 10.1 Å². The van der Waals surface area contributed by atoms with E-state index in [1.54, 1.807) is 20.2 Å². The quantitative estimate of drug-likeness (QED) is 0.319. The van der Waals surface area contributed by atoms with Crippen LogP contribution in [-0.4, -0.2) is 53.5 Å². The molecular formula is C19H27F2IN6O. The van der Waals surface area contributed by atoms with E-state index in [4.69, 9.17) is 0 Å². The number of aromatic nitrogens is 2. The van der Waals surface area contributed by atoms with E-state index in [0.29, 0.717) is 31.0 Å². The van der Waals surface area contributed by atoms with Gasteiger partial charge in [-0.05, 0) is 31.0 Å². The summed E-state index contributed by atoms with van der Waals surface area (Å²) in [5, 5.41) is 6.25. The van der Waals surface area contributed by atoms with Crippen molar-refractivity contribution < 1.29 is 13.6 Å².